The lowest BCUT2D eigenvalue weighted by atomic mass is 10.1. The number of halogens is 1. The number of thiocarbonyl (C=S) groups is 1. The second-order valence-corrected chi connectivity index (χ2v) is 5.75. The first-order chi connectivity index (χ1) is 10.6. The van der Waals surface area contributed by atoms with Crippen molar-refractivity contribution in [3.05, 3.63) is 23.8 Å². The van der Waals surface area contributed by atoms with Crippen LogP contribution in [0.2, 0.25) is 0 Å². The number of likely N-dealkylation sites (N-methyl/N-ethyl adjacent to an activating group) is 1. The van der Waals surface area contributed by atoms with Crippen molar-refractivity contribution in [2.24, 2.45) is 5.10 Å². The van der Waals surface area contributed by atoms with E-state index in [1.165, 1.54) is 12.3 Å². The minimum absolute atomic E-state index is 0.416. The zero-order valence-electron chi connectivity index (χ0n) is 12.4. The standard InChI is InChI=1S/C14H18FN5OS/c1-19-3-5-20(6-4-19)14(22)18-17-11-2-7-21-12-8-10(15)9-16-13(11)12/h8-9H,2-7H2,1H3,(H,18,22)/b17-11-. The number of nitrogens with zero attached hydrogens (tertiary/aromatic N) is 4. The van der Waals surface area contributed by atoms with Gasteiger partial charge in [-0.15, -0.1) is 0 Å². The number of hydrogen-bond donors (Lipinski definition) is 1. The molecule has 1 saturated heterocycles. The fourth-order valence-electron chi connectivity index (χ4n) is 2.43. The van der Waals surface area contributed by atoms with Gasteiger partial charge < -0.3 is 14.5 Å². The number of piperazine rings is 1. The molecule has 0 radical (unpaired) electrons. The van der Waals surface area contributed by atoms with Gasteiger partial charge in [-0.3, -0.25) is 5.43 Å². The van der Waals surface area contributed by atoms with E-state index in [2.05, 4.69) is 32.4 Å². The monoisotopic (exact) mass is 323 g/mol. The first-order valence-electron chi connectivity index (χ1n) is 7.22. The molecule has 22 heavy (non-hydrogen) atoms. The van der Waals surface area contributed by atoms with Crippen LogP contribution in [0.3, 0.4) is 0 Å². The molecule has 0 atom stereocenters. The minimum atomic E-state index is -0.416. The SMILES string of the molecule is CN1CCN(C(=S)N/N=C2/CCOc3cc(F)cnc32)CC1. The van der Waals surface area contributed by atoms with Crippen molar-refractivity contribution in [3.8, 4) is 5.75 Å². The third-order valence-electron chi connectivity index (χ3n) is 3.77. The van der Waals surface area contributed by atoms with Crippen LogP contribution in [0.4, 0.5) is 4.39 Å². The van der Waals surface area contributed by atoms with Gasteiger partial charge in [-0.25, -0.2) is 9.37 Å². The number of rotatable bonds is 1. The van der Waals surface area contributed by atoms with E-state index < -0.39 is 5.82 Å². The Morgan fingerprint density at radius 3 is 2.95 bits per heavy atom. The fourth-order valence-corrected chi connectivity index (χ4v) is 2.66. The average Bonchev–Trinajstić information content (AvgIpc) is 2.52. The summed E-state index contributed by atoms with van der Waals surface area (Å²) in [7, 11) is 2.10. The van der Waals surface area contributed by atoms with Crippen LogP contribution in [0.15, 0.2) is 17.4 Å². The quantitative estimate of drug-likeness (QED) is 0.610. The molecule has 1 aromatic heterocycles. The first-order valence-corrected chi connectivity index (χ1v) is 7.63. The maximum atomic E-state index is 13.2. The number of aromatic nitrogens is 1. The molecule has 1 fully saturated rings. The Bertz CT molecular complexity index is 601. The molecule has 0 bridgehead atoms. The fraction of sp³-hybridized carbons (Fsp3) is 0.500. The Morgan fingerprint density at radius 2 is 2.18 bits per heavy atom. The van der Waals surface area contributed by atoms with Gasteiger partial charge in [0.1, 0.15) is 17.3 Å². The van der Waals surface area contributed by atoms with Gasteiger partial charge in [-0.2, -0.15) is 5.10 Å². The highest BCUT2D eigenvalue weighted by Gasteiger charge is 2.20. The molecule has 3 rings (SSSR count). The molecule has 0 spiro atoms. The number of hydrazone groups is 1. The van der Waals surface area contributed by atoms with Crippen LogP contribution < -0.4 is 10.2 Å². The highest BCUT2D eigenvalue weighted by Crippen LogP contribution is 2.23. The Hall–Kier alpha value is -1.80. The van der Waals surface area contributed by atoms with E-state index in [9.17, 15) is 4.39 Å². The molecule has 3 heterocycles. The summed E-state index contributed by atoms with van der Waals surface area (Å²) in [6.45, 7) is 4.19. The number of hydrogen-bond acceptors (Lipinski definition) is 5. The van der Waals surface area contributed by atoms with Gasteiger partial charge in [0.2, 0.25) is 0 Å². The predicted molar refractivity (Wildman–Crippen MR) is 85.6 cm³/mol. The van der Waals surface area contributed by atoms with Gasteiger partial charge >= 0.3 is 0 Å². The number of pyridine rings is 1. The van der Waals surface area contributed by atoms with E-state index in [4.69, 9.17) is 17.0 Å². The van der Waals surface area contributed by atoms with Crippen LogP contribution >= 0.6 is 12.2 Å². The van der Waals surface area contributed by atoms with Crippen molar-refractivity contribution >= 4 is 23.0 Å². The number of fused-ring (bicyclic) bond motifs is 1. The Morgan fingerprint density at radius 1 is 1.41 bits per heavy atom. The smallest absolute Gasteiger partial charge is 0.189 e. The molecule has 0 amide bonds. The maximum Gasteiger partial charge on any atom is 0.189 e. The van der Waals surface area contributed by atoms with Gasteiger partial charge in [0, 0.05) is 38.7 Å². The first kappa shape index (κ1) is 15.1. The molecule has 0 saturated carbocycles. The average molecular weight is 323 g/mol. The molecular weight excluding hydrogens is 305 g/mol. The molecule has 1 aromatic rings. The number of nitrogens with one attached hydrogen (secondary N) is 1. The zero-order chi connectivity index (χ0) is 15.5. The molecular formula is C14H18FN5OS. The molecule has 2 aliphatic heterocycles. The molecule has 0 aromatic carbocycles. The van der Waals surface area contributed by atoms with Gasteiger partial charge in [-0.1, -0.05) is 0 Å². The van der Waals surface area contributed by atoms with Crippen molar-refractivity contribution in [1.29, 1.82) is 0 Å². The lowest BCUT2D eigenvalue weighted by molar-refractivity contribution is 0.214. The summed E-state index contributed by atoms with van der Waals surface area (Å²) >= 11 is 5.38. The van der Waals surface area contributed by atoms with E-state index in [-0.39, 0.29) is 0 Å². The molecule has 2 aliphatic rings. The minimum Gasteiger partial charge on any atom is -0.491 e. The second kappa shape index (κ2) is 6.53. The van der Waals surface area contributed by atoms with Crippen LogP contribution in [0, 0.1) is 5.82 Å². The van der Waals surface area contributed by atoms with Crippen molar-refractivity contribution in [1.82, 2.24) is 20.2 Å². The summed E-state index contributed by atoms with van der Waals surface area (Å²) in [6.07, 6.45) is 1.78. The van der Waals surface area contributed by atoms with E-state index in [1.807, 2.05) is 0 Å². The van der Waals surface area contributed by atoms with Crippen LogP contribution in [-0.2, 0) is 0 Å². The van der Waals surface area contributed by atoms with Crippen LogP contribution in [0.1, 0.15) is 12.1 Å². The summed E-state index contributed by atoms with van der Waals surface area (Å²) < 4.78 is 18.6. The molecule has 0 unspecified atom stereocenters. The van der Waals surface area contributed by atoms with Crippen LogP contribution in [-0.4, -0.2) is 65.4 Å². The molecule has 118 valence electrons. The summed E-state index contributed by atoms with van der Waals surface area (Å²) in [4.78, 5) is 8.42. The van der Waals surface area contributed by atoms with Crippen LogP contribution in [0.5, 0.6) is 5.75 Å². The summed E-state index contributed by atoms with van der Waals surface area (Å²) in [5.74, 6) is 0.0123. The summed E-state index contributed by atoms with van der Waals surface area (Å²) in [6, 6.07) is 1.33. The topological polar surface area (TPSA) is 53.0 Å². The Kier molecular flexibility index (Phi) is 4.49. The van der Waals surface area contributed by atoms with E-state index >= 15 is 0 Å². The number of ether oxygens (including phenoxy) is 1. The maximum absolute atomic E-state index is 13.2. The van der Waals surface area contributed by atoms with Crippen molar-refractivity contribution in [2.45, 2.75) is 6.42 Å². The third kappa shape index (κ3) is 3.33. The van der Waals surface area contributed by atoms with E-state index in [0.717, 1.165) is 31.9 Å². The lowest BCUT2D eigenvalue weighted by Gasteiger charge is -2.33. The summed E-state index contributed by atoms with van der Waals surface area (Å²) in [5, 5.41) is 4.96. The van der Waals surface area contributed by atoms with Crippen LogP contribution in [0.25, 0.3) is 0 Å². The van der Waals surface area contributed by atoms with Gasteiger partial charge in [0.15, 0.2) is 5.11 Å². The van der Waals surface area contributed by atoms with Crippen molar-refractivity contribution in [2.75, 3.05) is 39.8 Å². The van der Waals surface area contributed by atoms with Gasteiger partial charge in [-0.05, 0) is 19.3 Å². The van der Waals surface area contributed by atoms with Gasteiger partial charge in [0.05, 0.1) is 18.5 Å². The molecule has 6 nitrogen and oxygen atoms in total. The second-order valence-electron chi connectivity index (χ2n) is 5.36. The lowest BCUT2D eigenvalue weighted by Crippen LogP contribution is -2.49. The normalized spacial score (nSPS) is 20.5. The Balaban J connectivity index is 1.68. The third-order valence-corrected chi connectivity index (χ3v) is 4.12. The molecule has 1 N–H and O–H groups in total. The van der Waals surface area contributed by atoms with Gasteiger partial charge in [0.25, 0.3) is 0 Å². The highest BCUT2D eigenvalue weighted by molar-refractivity contribution is 7.80. The predicted octanol–water partition coefficient (Wildman–Crippen LogP) is 0.829. The van der Waals surface area contributed by atoms with Crippen molar-refractivity contribution < 1.29 is 9.13 Å². The molecule has 8 heteroatoms. The Labute approximate surface area is 133 Å². The zero-order valence-corrected chi connectivity index (χ0v) is 13.2. The van der Waals surface area contributed by atoms with E-state index in [1.54, 1.807) is 0 Å². The molecule has 0 aliphatic carbocycles. The summed E-state index contributed by atoms with van der Waals surface area (Å²) in [5.41, 5.74) is 4.23. The van der Waals surface area contributed by atoms with Crippen molar-refractivity contribution in [3.63, 3.8) is 0 Å². The largest absolute Gasteiger partial charge is 0.491 e. The van der Waals surface area contributed by atoms with E-state index in [0.29, 0.717) is 29.6 Å². The highest BCUT2D eigenvalue weighted by atomic mass is 32.1.